The molecule has 3 aromatic carbocycles. The van der Waals surface area contributed by atoms with Crippen molar-refractivity contribution in [2.24, 2.45) is 0 Å². The third-order valence-corrected chi connectivity index (χ3v) is 11.8. The summed E-state index contributed by atoms with van der Waals surface area (Å²) in [6, 6.07) is 25.5. The molecule has 6 nitrogen and oxygen atoms in total. The zero-order valence-electron chi connectivity index (χ0n) is 23.2. The fourth-order valence-corrected chi connectivity index (χ4v) is 10.3. The van der Waals surface area contributed by atoms with E-state index in [0.29, 0.717) is 6.17 Å². The first-order valence-electron chi connectivity index (χ1n) is 14.8. The number of benzene rings is 3. The molecule has 6 aliphatic rings. The summed E-state index contributed by atoms with van der Waals surface area (Å²) >= 11 is 0. The van der Waals surface area contributed by atoms with Crippen LogP contribution in [0.2, 0.25) is 0 Å². The van der Waals surface area contributed by atoms with E-state index in [0.717, 1.165) is 26.1 Å². The highest BCUT2D eigenvalue weighted by molar-refractivity contribution is 5.78. The number of nitrogens with zero attached hydrogens (tertiary/aromatic N) is 3. The van der Waals surface area contributed by atoms with Gasteiger partial charge in [-0.2, -0.15) is 0 Å². The predicted octanol–water partition coefficient (Wildman–Crippen LogP) is 4.41. The van der Waals surface area contributed by atoms with Crippen molar-refractivity contribution in [1.82, 2.24) is 14.7 Å². The van der Waals surface area contributed by atoms with Crippen LogP contribution in [0.5, 0.6) is 0 Å². The minimum atomic E-state index is -0.0581. The van der Waals surface area contributed by atoms with Crippen molar-refractivity contribution < 1.29 is 0 Å². The molecule has 0 radical (unpaired) electrons. The highest BCUT2D eigenvalue weighted by Gasteiger charge is 2.71. The molecule has 6 heterocycles. The lowest BCUT2D eigenvalue weighted by molar-refractivity contribution is 0.147. The lowest BCUT2D eigenvalue weighted by Crippen LogP contribution is -2.60. The summed E-state index contributed by atoms with van der Waals surface area (Å²) in [5, 5.41) is 12.2. The third kappa shape index (κ3) is 2.39. The molecule has 6 atom stereocenters. The molecule has 39 heavy (non-hydrogen) atoms. The standard InChI is InChI=1S/C33H38N6/c1-37-18-15-31(21-9-4-6-13-25(21)34-28(31)37)23-11-8-12-24-27(23)36-30-33(24,17-20-39(30)3)32-16-19-38(2)29(32)35-26-14-7-5-10-22(26)32/h4-14,28-30,34-36H,15-20H2,1-3H3/t28?,29-,30?,31+,32+,33-/m0/s1. The van der Waals surface area contributed by atoms with E-state index >= 15 is 0 Å². The lowest BCUT2D eigenvalue weighted by atomic mass is 9.54. The minimum Gasteiger partial charge on any atom is -0.369 e. The maximum Gasteiger partial charge on any atom is 0.0933 e. The van der Waals surface area contributed by atoms with E-state index in [4.69, 9.17) is 0 Å². The molecule has 6 heteroatoms. The van der Waals surface area contributed by atoms with E-state index in [1.165, 1.54) is 46.6 Å². The molecular weight excluding hydrogens is 480 g/mol. The van der Waals surface area contributed by atoms with Gasteiger partial charge >= 0.3 is 0 Å². The molecule has 200 valence electrons. The van der Waals surface area contributed by atoms with Gasteiger partial charge in [0.1, 0.15) is 0 Å². The smallest absolute Gasteiger partial charge is 0.0933 e. The summed E-state index contributed by atoms with van der Waals surface area (Å²) in [4.78, 5) is 7.70. The normalized spacial score (nSPS) is 37.9. The Bertz CT molecular complexity index is 1520. The number of anilines is 3. The Balaban J connectivity index is 1.31. The van der Waals surface area contributed by atoms with Crippen molar-refractivity contribution in [3.63, 3.8) is 0 Å². The lowest BCUT2D eigenvalue weighted by Gasteiger charge is -2.48. The molecule has 3 aromatic rings. The quantitative estimate of drug-likeness (QED) is 0.467. The van der Waals surface area contributed by atoms with Gasteiger partial charge in [-0.15, -0.1) is 0 Å². The van der Waals surface area contributed by atoms with E-state index in [1.54, 1.807) is 5.56 Å². The van der Waals surface area contributed by atoms with Crippen LogP contribution in [0.25, 0.3) is 0 Å². The Morgan fingerprint density at radius 1 is 0.538 bits per heavy atom. The molecule has 2 unspecified atom stereocenters. The highest BCUT2D eigenvalue weighted by atomic mass is 15.4. The fraction of sp³-hybridized carbons (Fsp3) is 0.455. The molecule has 3 saturated heterocycles. The first kappa shape index (κ1) is 22.7. The maximum atomic E-state index is 4.25. The van der Waals surface area contributed by atoms with Crippen molar-refractivity contribution in [3.05, 3.63) is 89.0 Å². The van der Waals surface area contributed by atoms with Crippen molar-refractivity contribution in [2.75, 3.05) is 56.7 Å². The monoisotopic (exact) mass is 518 g/mol. The van der Waals surface area contributed by atoms with Crippen LogP contribution in [0.4, 0.5) is 17.1 Å². The van der Waals surface area contributed by atoms with Crippen LogP contribution < -0.4 is 16.0 Å². The van der Waals surface area contributed by atoms with Crippen molar-refractivity contribution in [2.45, 2.75) is 54.0 Å². The second-order valence-electron chi connectivity index (χ2n) is 13.1. The number of hydrogen-bond donors (Lipinski definition) is 3. The van der Waals surface area contributed by atoms with Gasteiger partial charge in [-0.1, -0.05) is 54.6 Å². The van der Waals surface area contributed by atoms with Gasteiger partial charge in [-0.3, -0.25) is 14.7 Å². The van der Waals surface area contributed by atoms with Crippen LogP contribution in [0.15, 0.2) is 66.7 Å². The van der Waals surface area contributed by atoms with Crippen LogP contribution in [0.3, 0.4) is 0 Å². The van der Waals surface area contributed by atoms with E-state index < -0.39 is 0 Å². The van der Waals surface area contributed by atoms with Crippen molar-refractivity contribution >= 4 is 17.1 Å². The van der Waals surface area contributed by atoms with Gasteiger partial charge in [0, 0.05) is 47.5 Å². The van der Waals surface area contributed by atoms with E-state index in [-0.39, 0.29) is 28.6 Å². The first-order chi connectivity index (χ1) is 19.0. The van der Waals surface area contributed by atoms with Crippen LogP contribution in [0.1, 0.15) is 41.5 Å². The first-order valence-corrected chi connectivity index (χ1v) is 14.8. The Morgan fingerprint density at radius 2 is 1.05 bits per heavy atom. The molecule has 0 aromatic heterocycles. The molecule has 3 fully saturated rings. The zero-order chi connectivity index (χ0) is 26.1. The summed E-state index contributed by atoms with van der Waals surface area (Å²) in [5.41, 5.74) is 9.96. The summed E-state index contributed by atoms with van der Waals surface area (Å²) in [6.07, 6.45) is 4.32. The van der Waals surface area contributed by atoms with Gasteiger partial charge in [-0.05, 0) is 74.8 Å². The average molecular weight is 519 g/mol. The summed E-state index contributed by atoms with van der Waals surface area (Å²) in [7, 11) is 6.93. The largest absolute Gasteiger partial charge is 0.369 e. The third-order valence-electron chi connectivity index (χ3n) is 11.8. The van der Waals surface area contributed by atoms with Crippen LogP contribution in [0, 0.1) is 0 Å². The predicted molar refractivity (Wildman–Crippen MR) is 157 cm³/mol. The molecule has 0 saturated carbocycles. The number of hydrogen-bond acceptors (Lipinski definition) is 6. The SMILES string of the molecule is CN1CC[C@]2(c3cccc4c3NC3N(C)CC[C@]43[C@@]34CCN(C)[C@@H]3Nc3ccccc34)c3ccccc3NC12. The van der Waals surface area contributed by atoms with Gasteiger partial charge in [0.2, 0.25) is 0 Å². The van der Waals surface area contributed by atoms with E-state index in [9.17, 15) is 0 Å². The molecule has 3 N–H and O–H groups in total. The van der Waals surface area contributed by atoms with Gasteiger partial charge < -0.3 is 16.0 Å². The summed E-state index contributed by atoms with van der Waals surface area (Å²) in [5.74, 6) is 0. The highest BCUT2D eigenvalue weighted by Crippen LogP contribution is 2.67. The molecule has 9 rings (SSSR count). The second kappa shape index (κ2) is 7.36. The number of rotatable bonds is 2. The Morgan fingerprint density at radius 3 is 1.82 bits per heavy atom. The summed E-state index contributed by atoms with van der Waals surface area (Å²) in [6.45, 7) is 3.33. The fourth-order valence-electron chi connectivity index (χ4n) is 10.3. The average Bonchev–Trinajstić information content (AvgIpc) is 3.76. The van der Waals surface area contributed by atoms with Crippen LogP contribution >= 0.6 is 0 Å². The summed E-state index contributed by atoms with van der Waals surface area (Å²) < 4.78 is 0. The Kier molecular flexibility index (Phi) is 4.29. The number of likely N-dealkylation sites (tertiary alicyclic amines) is 3. The second-order valence-corrected chi connectivity index (χ2v) is 13.1. The van der Waals surface area contributed by atoms with Gasteiger partial charge in [0.05, 0.1) is 23.9 Å². The topological polar surface area (TPSA) is 45.8 Å². The van der Waals surface area contributed by atoms with Gasteiger partial charge in [0.25, 0.3) is 0 Å². The zero-order valence-corrected chi connectivity index (χ0v) is 23.2. The maximum absolute atomic E-state index is 4.25. The van der Waals surface area contributed by atoms with Gasteiger partial charge in [0.15, 0.2) is 0 Å². The van der Waals surface area contributed by atoms with Crippen molar-refractivity contribution in [1.29, 1.82) is 0 Å². The van der Waals surface area contributed by atoms with Crippen LogP contribution in [-0.4, -0.2) is 74.0 Å². The molecule has 0 spiro atoms. The molecular formula is C33H38N6. The molecule has 6 aliphatic heterocycles. The van der Waals surface area contributed by atoms with Crippen molar-refractivity contribution in [3.8, 4) is 0 Å². The van der Waals surface area contributed by atoms with Crippen LogP contribution in [-0.2, 0) is 16.2 Å². The molecule has 0 aliphatic carbocycles. The van der Waals surface area contributed by atoms with E-state index in [2.05, 4.69) is 119 Å². The number of likely N-dealkylation sites (N-methyl/N-ethyl adjacent to an activating group) is 3. The molecule has 0 bridgehead atoms. The molecule has 0 amide bonds. The number of para-hydroxylation sites is 3. The Hall–Kier alpha value is -3.06. The van der Waals surface area contributed by atoms with Gasteiger partial charge in [-0.25, -0.2) is 0 Å². The minimum absolute atomic E-state index is 0.00961. The van der Waals surface area contributed by atoms with E-state index in [1.807, 2.05) is 0 Å². The Labute approximate surface area is 231 Å². The number of fused-ring (bicyclic) bond motifs is 10. The number of nitrogens with one attached hydrogen (secondary N) is 3.